The zero-order chi connectivity index (χ0) is 12.3. The van der Waals surface area contributed by atoms with E-state index in [9.17, 15) is 0 Å². The molecular weight excluding hydrogens is 210 g/mol. The molecule has 1 atom stereocenters. The van der Waals surface area contributed by atoms with E-state index in [4.69, 9.17) is 10.7 Å². The average molecular weight is 233 g/mol. The molecule has 1 saturated carbocycles. The molecular formula is C14H23N3. The van der Waals surface area contributed by atoms with Crippen LogP contribution in [-0.2, 0) is 0 Å². The summed E-state index contributed by atoms with van der Waals surface area (Å²) in [5.74, 6) is 2.38. The first kappa shape index (κ1) is 12.5. The second-order valence-corrected chi connectivity index (χ2v) is 5.41. The fourth-order valence-electron chi connectivity index (χ4n) is 2.69. The smallest absolute Gasteiger partial charge is 0.133 e. The molecule has 2 N–H and O–H groups in total. The van der Waals surface area contributed by atoms with E-state index in [0.717, 1.165) is 5.82 Å². The van der Waals surface area contributed by atoms with Gasteiger partial charge in [0.1, 0.15) is 5.82 Å². The van der Waals surface area contributed by atoms with Crippen LogP contribution >= 0.6 is 0 Å². The number of nitrogens with zero attached hydrogens (tertiary/aromatic N) is 2. The zero-order valence-corrected chi connectivity index (χ0v) is 10.9. The Hall–Kier alpha value is -0.960. The van der Waals surface area contributed by atoms with E-state index < -0.39 is 0 Å². The molecule has 1 aliphatic rings. The van der Waals surface area contributed by atoms with Crippen molar-refractivity contribution in [3.8, 4) is 0 Å². The molecule has 0 bridgehead atoms. The highest BCUT2D eigenvalue weighted by Gasteiger charge is 2.21. The van der Waals surface area contributed by atoms with Gasteiger partial charge in [0.25, 0.3) is 0 Å². The van der Waals surface area contributed by atoms with Crippen LogP contribution in [0.4, 0.5) is 0 Å². The van der Waals surface area contributed by atoms with Crippen molar-refractivity contribution in [2.45, 2.75) is 51.4 Å². The van der Waals surface area contributed by atoms with Gasteiger partial charge >= 0.3 is 0 Å². The van der Waals surface area contributed by atoms with Gasteiger partial charge in [-0.05, 0) is 24.8 Å². The summed E-state index contributed by atoms with van der Waals surface area (Å²) in [5, 5.41) is 0. The molecule has 0 spiro atoms. The summed E-state index contributed by atoms with van der Waals surface area (Å²) in [6.07, 6.45) is 7.15. The van der Waals surface area contributed by atoms with Gasteiger partial charge in [-0.15, -0.1) is 0 Å². The lowest BCUT2D eigenvalue weighted by molar-refractivity contribution is 0.479. The molecule has 17 heavy (non-hydrogen) atoms. The van der Waals surface area contributed by atoms with Gasteiger partial charge in [-0.25, -0.2) is 9.97 Å². The van der Waals surface area contributed by atoms with Crippen molar-refractivity contribution >= 4 is 0 Å². The van der Waals surface area contributed by atoms with Crippen LogP contribution in [0.2, 0.25) is 0 Å². The highest BCUT2D eigenvalue weighted by Crippen LogP contribution is 2.33. The topological polar surface area (TPSA) is 51.8 Å². The molecule has 1 fully saturated rings. The molecule has 0 radical (unpaired) electrons. The first-order valence-electron chi connectivity index (χ1n) is 6.75. The Balaban J connectivity index is 2.20. The van der Waals surface area contributed by atoms with Crippen LogP contribution in [0.3, 0.4) is 0 Å². The Kier molecular flexibility index (Phi) is 4.11. The predicted octanol–water partition coefficient (Wildman–Crippen LogP) is 2.83. The van der Waals surface area contributed by atoms with Crippen LogP contribution in [0.5, 0.6) is 0 Å². The second-order valence-electron chi connectivity index (χ2n) is 5.41. The van der Waals surface area contributed by atoms with Crippen LogP contribution < -0.4 is 5.73 Å². The van der Waals surface area contributed by atoms with E-state index in [1.165, 1.54) is 31.4 Å². The largest absolute Gasteiger partial charge is 0.330 e. The maximum atomic E-state index is 5.83. The summed E-state index contributed by atoms with van der Waals surface area (Å²) < 4.78 is 0. The molecule has 3 heteroatoms. The molecule has 1 aromatic heterocycles. The van der Waals surface area contributed by atoms with Gasteiger partial charge in [-0.2, -0.15) is 0 Å². The Labute approximate surface area is 104 Å². The molecule has 0 amide bonds. The van der Waals surface area contributed by atoms with Crippen molar-refractivity contribution in [1.82, 2.24) is 9.97 Å². The number of hydrogen-bond donors (Lipinski definition) is 1. The molecule has 1 heterocycles. The fraction of sp³-hybridized carbons (Fsp3) is 0.714. The monoisotopic (exact) mass is 233 g/mol. The highest BCUT2D eigenvalue weighted by molar-refractivity contribution is 5.12. The Morgan fingerprint density at radius 2 is 2.06 bits per heavy atom. The summed E-state index contributed by atoms with van der Waals surface area (Å²) in [4.78, 5) is 9.17. The normalized spacial score (nSPS) is 18.8. The minimum atomic E-state index is 0.288. The molecule has 1 unspecified atom stereocenters. The van der Waals surface area contributed by atoms with Gasteiger partial charge in [0.15, 0.2) is 0 Å². The minimum Gasteiger partial charge on any atom is -0.330 e. The maximum absolute atomic E-state index is 5.83. The Morgan fingerprint density at radius 1 is 1.35 bits per heavy atom. The lowest BCUT2D eigenvalue weighted by Crippen LogP contribution is -2.21. The third-order valence-electron chi connectivity index (χ3n) is 3.86. The highest BCUT2D eigenvalue weighted by atomic mass is 14.9. The van der Waals surface area contributed by atoms with E-state index in [2.05, 4.69) is 24.9 Å². The summed E-state index contributed by atoms with van der Waals surface area (Å²) in [7, 11) is 0. The lowest BCUT2D eigenvalue weighted by atomic mass is 9.94. The molecule has 0 aromatic carbocycles. The lowest BCUT2D eigenvalue weighted by Gasteiger charge is -2.18. The van der Waals surface area contributed by atoms with Gasteiger partial charge in [0, 0.05) is 30.3 Å². The van der Waals surface area contributed by atoms with Crippen molar-refractivity contribution in [3.63, 3.8) is 0 Å². The minimum absolute atomic E-state index is 0.288. The summed E-state index contributed by atoms with van der Waals surface area (Å²) >= 11 is 0. The number of aromatic nitrogens is 2. The third-order valence-corrected chi connectivity index (χ3v) is 3.86. The summed E-state index contributed by atoms with van der Waals surface area (Å²) in [6.45, 7) is 5.00. The molecule has 94 valence electrons. The van der Waals surface area contributed by atoms with E-state index in [1.807, 2.05) is 6.20 Å². The van der Waals surface area contributed by atoms with Gasteiger partial charge < -0.3 is 5.73 Å². The van der Waals surface area contributed by atoms with E-state index in [-0.39, 0.29) is 5.92 Å². The van der Waals surface area contributed by atoms with Crippen molar-refractivity contribution in [3.05, 3.63) is 23.8 Å². The van der Waals surface area contributed by atoms with Crippen molar-refractivity contribution in [2.75, 3.05) is 6.54 Å². The van der Waals surface area contributed by atoms with E-state index in [0.29, 0.717) is 18.4 Å². The quantitative estimate of drug-likeness (QED) is 0.870. The Bertz CT molecular complexity index is 356. The molecule has 3 nitrogen and oxygen atoms in total. The molecule has 1 aromatic rings. The van der Waals surface area contributed by atoms with E-state index >= 15 is 0 Å². The van der Waals surface area contributed by atoms with Gasteiger partial charge in [0.2, 0.25) is 0 Å². The van der Waals surface area contributed by atoms with E-state index in [1.54, 1.807) is 0 Å². The van der Waals surface area contributed by atoms with Crippen LogP contribution in [-0.4, -0.2) is 16.5 Å². The SMILES string of the molecule is CC(C)C(CN)c1nccc(C2CCCC2)n1. The maximum Gasteiger partial charge on any atom is 0.133 e. The standard InChI is InChI=1S/C14H23N3/c1-10(2)12(9-15)14-16-8-7-13(17-14)11-5-3-4-6-11/h7-8,10-12H,3-6,9,15H2,1-2H3. The van der Waals surface area contributed by atoms with Crippen molar-refractivity contribution in [1.29, 1.82) is 0 Å². The van der Waals surface area contributed by atoms with Crippen LogP contribution in [0.15, 0.2) is 12.3 Å². The molecule has 2 rings (SSSR count). The zero-order valence-electron chi connectivity index (χ0n) is 10.9. The van der Waals surface area contributed by atoms with Crippen molar-refractivity contribution in [2.24, 2.45) is 11.7 Å². The number of rotatable bonds is 4. The van der Waals surface area contributed by atoms with Crippen LogP contribution in [0.1, 0.15) is 62.9 Å². The van der Waals surface area contributed by atoms with Gasteiger partial charge in [0.05, 0.1) is 0 Å². The summed E-state index contributed by atoms with van der Waals surface area (Å²) in [6, 6.07) is 2.08. The first-order chi connectivity index (χ1) is 8.22. The number of nitrogens with two attached hydrogens (primary N) is 1. The third kappa shape index (κ3) is 2.83. The average Bonchev–Trinajstić information content (AvgIpc) is 2.83. The second kappa shape index (κ2) is 5.58. The fourth-order valence-corrected chi connectivity index (χ4v) is 2.69. The number of hydrogen-bond acceptors (Lipinski definition) is 3. The Morgan fingerprint density at radius 3 is 2.65 bits per heavy atom. The van der Waals surface area contributed by atoms with Crippen LogP contribution in [0.25, 0.3) is 0 Å². The van der Waals surface area contributed by atoms with Gasteiger partial charge in [-0.1, -0.05) is 26.7 Å². The molecule has 0 saturated heterocycles. The van der Waals surface area contributed by atoms with Crippen molar-refractivity contribution < 1.29 is 0 Å². The van der Waals surface area contributed by atoms with Crippen LogP contribution in [0, 0.1) is 5.92 Å². The summed E-state index contributed by atoms with van der Waals surface area (Å²) in [5.41, 5.74) is 7.06. The molecule has 1 aliphatic carbocycles. The van der Waals surface area contributed by atoms with Gasteiger partial charge in [-0.3, -0.25) is 0 Å². The first-order valence-corrected chi connectivity index (χ1v) is 6.75. The molecule has 0 aliphatic heterocycles. The predicted molar refractivity (Wildman–Crippen MR) is 69.9 cm³/mol.